The smallest absolute Gasteiger partial charge is 0.298 e. The number of phenols is 1. The van der Waals surface area contributed by atoms with Gasteiger partial charge in [0, 0.05) is 11.5 Å². The van der Waals surface area contributed by atoms with Crippen LogP contribution in [0.2, 0.25) is 0 Å². The lowest BCUT2D eigenvalue weighted by molar-refractivity contribution is 0.437. The molecule has 0 aliphatic rings. The maximum Gasteiger partial charge on any atom is 0.298 e. The van der Waals surface area contributed by atoms with Gasteiger partial charge in [-0.15, -0.1) is 6.58 Å². The molecule has 1 aromatic rings. The molecular weight excluding hydrogens is 216 g/mol. The second-order valence-corrected chi connectivity index (χ2v) is 4.58. The minimum atomic E-state index is -4.38. The van der Waals surface area contributed by atoms with Gasteiger partial charge in [0.2, 0.25) is 0 Å². The molecule has 4 nitrogen and oxygen atoms in total. The molecule has 0 aliphatic carbocycles. The Kier molecular flexibility index (Phi) is 3.16. The SMILES string of the molecule is C=CC(C)c1cccc(S(=O)(=O)O)c1O. The summed E-state index contributed by atoms with van der Waals surface area (Å²) in [6.45, 7) is 5.31. The fourth-order valence-corrected chi connectivity index (χ4v) is 1.85. The van der Waals surface area contributed by atoms with E-state index in [9.17, 15) is 13.5 Å². The first kappa shape index (κ1) is 11.7. The quantitative estimate of drug-likeness (QED) is 0.612. The van der Waals surface area contributed by atoms with Crippen molar-refractivity contribution in [2.24, 2.45) is 0 Å². The second kappa shape index (κ2) is 4.04. The number of rotatable bonds is 3. The van der Waals surface area contributed by atoms with Gasteiger partial charge in [0.05, 0.1) is 0 Å². The van der Waals surface area contributed by atoms with Gasteiger partial charge in [-0.05, 0) is 6.07 Å². The summed E-state index contributed by atoms with van der Waals surface area (Å²) in [6.07, 6.45) is 1.57. The number of benzene rings is 1. The van der Waals surface area contributed by atoms with Crippen LogP contribution >= 0.6 is 0 Å². The zero-order chi connectivity index (χ0) is 11.6. The van der Waals surface area contributed by atoms with Crippen LogP contribution in [0.1, 0.15) is 18.4 Å². The largest absolute Gasteiger partial charge is 0.506 e. The molecule has 1 atom stereocenters. The molecule has 15 heavy (non-hydrogen) atoms. The lowest BCUT2D eigenvalue weighted by Gasteiger charge is -2.10. The third-order valence-electron chi connectivity index (χ3n) is 2.15. The molecule has 1 aromatic carbocycles. The van der Waals surface area contributed by atoms with Gasteiger partial charge in [-0.3, -0.25) is 4.55 Å². The van der Waals surface area contributed by atoms with Crippen molar-refractivity contribution < 1.29 is 18.1 Å². The molecule has 0 aliphatic heterocycles. The summed E-state index contributed by atoms with van der Waals surface area (Å²) in [6, 6.07) is 4.18. The third-order valence-corrected chi connectivity index (χ3v) is 3.04. The molecule has 0 amide bonds. The van der Waals surface area contributed by atoms with Crippen molar-refractivity contribution in [1.82, 2.24) is 0 Å². The van der Waals surface area contributed by atoms with Gasteiger partial charge in [-0.2, -0.15) is 8.42 Å². The highest BCUT2D eigenvalue weighted by molar-refractivity contribution is 7.86. The number of allylic oxidation sites excluding steroid dienone is 1. The summed E-state index contributed by atoms with van der Waals surface area (Å²) in [5.74, 6) is -0.612. The molecule has 0 bridgehead atoms. The molecular formula is C10H12O4S. The number of hydrogen-bond acceptors (Lipinski definition) is 3. The summed E-state index contributed by atoms with van der Waals surface area (Å²) in [4.78, 5) is -0.478. The summed E-state index contributed by atoms with van der Waals surface area (Å²) in [7, 11) is -4.38. The second-order valence-electron chi connectivity index (χ2n) is 3.19. The van der Waals surface area contributed by atoms with Crippen LogP contribution in [0.5, 0.6) is 5.75 Å². The van der Waals surface area contributed by atoms with Crippen molar-refractivity contribution in [1.29, 1.82) is 0 Å². The van der Waals surface area contributed by atoms with Gasteiger partial charge < -0.3 is 5.11 Å². The fourth-order valence-electron chi connectivity index (χ4n) is 1.24. The van der Waals surface area contributed by atoms with E-state index in [1.807, 2.05) is 0 Å². The standard InChI is InChI=1S/C10H12O4S/c1-3-7(2)8-5-4-6-9(10(8)11)15(12,13)14/h3-7,11H,1H2,2H3,(H,12,13,14). The zero-order valence-electron chi connectivity index (χ0n) is 8.21. The van der Waals surface area contributed by atoms with Gasteiger partial charge in [0.1, 0.15) is 10.6 Å². The molecule has 0 spiro atoms. The summed E-state index contributed by atoms with van der Waals surface area (Å²) in [5, 5.41) is 9.64. The average Bonchev–Trinajstić information content (AvgIpc) is 2.15. The van der Waals surface area contributed by atoms with Crippen molar-refractivity contribution in [3.05, 3.63) is 36.4 Å². The highest BCUT2D eigenvalue weighted by atomic mass is 32.2. The van der Waals surface area contributed by atoms with Crippen LogP contribution in [0, 0.1) is 0 Å². The van der Waals surface area contributed by atoms with Crippen molar-refractivity contribution in [2.75, 3.05) is 0 Å². The molecule has 2 N–H and O–H groups in total. The molecule has 0 aromatic heterocycles. The fraction of sp³-hybridized carbons (Fsp3) is 0.200. The van der Waals surface area contributed by atoms with E-state index in [-0.39, 0.29) is 5.92 Å². The highest BCUT2D eigenvalue weighted by Gasteiger charge is 2.19. The lowest BCUT2D eigenvalue weighted by atomic mass is 10.0. The maximum absolute atomic E-state index is 10.9. The van der Waals surface area contributed by atoms with Crippen LogP contribution in [-0.2, 0) is 10.1 Å². The first-order chi connectivity index (χ1) is 6.88. The maximum atomic E-state index is 10.9. The molecule has 1 unspecified atom stereocenters. The van der Waals surface area contributed by atoms with E-state index in [2.05, 4.69) is 6.58 Å². The molecule has 0 fully saturated rings. The Labute approximate surface area is 88.6 Å². The first-order valence-corrected chi connectivity index (χ1v) is 5.74. The molecule has 0 saturated heterocycles. The van der Waals surface area contributed by atoms with Gasteiger partial charge in [0.15, 0.2) is 0 Å². The van der Waals surface area contributed by atoms with Crippen molar-refractivity contribution >= 4 is 10.1 Å². The Morgan fingerprint density at radius 2 is 2.07 bits per heavy atom. The van der Waals surface area contributed by atoms with E-state index in [0.29, 0.717) is 5.56 Å². The minimum Gasteiger partial charge on any atom is -0.506 e. The molecule has 82 valence electrons. The van der Waals surface area contributed by atoms with E-state index in [1.54, 1.807) is 19.1 Å². The monoisotopic (exact) mass is 228 g/mol. The van der Waals surface area contributed by atoms with Crippen LogP contribution < -0.4 is 0 Å². The van der Waals surface area contributed by atoms with E-state index in [0.717, 1.165) is 6.07 Å². The zero-order valence-corrected chi connectivity index (χ0v) is 9.03. The Morgan fingerprint density at radius 3 is 2.53 bits per heavy atom. The van der Waals surface area contributed by atoms with Crippen LogP contribution in [0.4, 0.5) is 0 Å². The number of aromatic hydroxyl groups is 1. The average molecular weight is 228 g/mol. The minimum absolute atomic E-state index is 0.188. The van der Waals surface area contributed by atoms with Crippen molar-refractivity contribution in [2.45, 2.75) is 17.7 Å². The summed E-state index contributed by atoms with van der Waals surface area (Å²) < 4.78 is 30.6. The topological polar surface area (TPSA) is 74.6 Å². The Morgan fingerprint density at radius 1 is 1.47 bits per heavy atom. The Bertz CT molecular complexity index is 476. The van der Waals surface area contributed by atoms with Gasteiger partial charge >= 0.3 is 0 Å². The Hall–Kier alpha value is -1.33. The number of phenolic OH excluding ortho intramolecular Hbond substituents is 1. The van der Waals surface area contributed by atoms with Crippen LogP contribution in [0.15, 0.2) is 35.7 Å². The number of hydrogen-bond donors (Lipinski definition) is 2. The molecule has 0 heterocycles. The predicted molar refractivity (Wildman–Crippen MR) is 56.5 cm³/mol. The molecule has 1 rings (SSSR count). The molecule has 5 heteroatoms. The Balaban J connectivity index is 3.42. The van der Waals surface area contributed by atoms with Gasteiger partial charge in [0.25, 0.3) is 10.1 Å². The highest BCUT2D eigenvalue weighted by Crippen LogP contribution is 2.32. The molecule has 0 saturated carbocycles. The van der Waals surface area contributed by atoms with E-state index in [1.165, 1.54) is 6.07 Å². The molecule has 0 radical (unpaired) electrons. The third kappa shape index (κ3) is 2.37. The van der Waals surface area contributed by atoms with E-state index in [4.69, 9.17) is 4.55 Å². The van der Waals surface area contributed by atoms with Gasteiger partial charge in [-0.1, -0.05) is 25.1 Å². The predicted octanol–water partition coefficient (Wildman–Crippen LogP) is 1.93. The van der Waals surface area contributed by atoms with Crippen LogP contribution in [-0.4, -0.2) is 18.1 Å². The number of para-hydroxylation sites is 1. The first-order valence-electron chi connectivity index (χ1n) is 4.30. The van der Waals surface area contributed by atoms with Crippen molar-refractivity contribution in [3.63, 3.8) is 0 Å². The van der Waals surface area contributed by atoms with Crippen LogP contribution in [0.3, 0.4) is 0 Å². The van der Waals surface area contributed by atoms with Gasteiger partial charge in [-0.25, -0.2) is 0 Å². The normalized spacial score (nSPS) is 13.5. The summed E-state index contributed by atoms with van der Waals surface area (Å²) in [5.41, 5.74) is 0.417. The van der Waals surface area contributed by atoms with E-state index >= 15 is 0 Å². The van der Waals surface area contributed by atoms with Crippen molar-refractivity contribution in [3.8, 4) is 5.75 Å². The summed E-state index contributed by atoms with van der Waals surface area (Å²) >= 11 is 0. The van der Waals surface area contributed by atoms with Crippen LogP contribution in [0.25, 0.3) is 0 Å². The lowest BCUT2D eigenvalue weighted by Crippen LogP contribution is -2.01. The van der Waals surface area contributed by atoms with E-state index < -0.39 is 20.8 Å².